The minimum absolute atomic E-state index is 0.156. The molecule has 20 heavy (non-hydrogen) atoms. The Balaban J connectivity index is 1.52. The van der Waals surface area contributed by atoms with Crippen LogP contribution in [-0.2, 0) is 10.2 Å². The molecule has 1 saturated heterocycles. The minimum Gasteiger partial charge on any atom is -0.355 e. The standard InChI is InChI=1S/C16H21ClN2O/c17-13-5-3-12(4-6-13)16(7-8-16)11-19-15(20)10-14-2-1-9-18-14/h3-6,14,18H,1-2,7-11H2,(H,19,20). The van der Waals surface area contributed by atoms with E-state index in [2.05, 4.69) is 22.8 Å². The van der Waals surface area contributed by atoms with E-state index < -0.39 is 0 Å². The van der Waals surface area contributed by atoms with Crippen LogP contribution in [0.4, 0.5) is 0 Å². The molecule has 1 aliphatic carbocycles. The first-order valence-electron chi connectivity index (χ1n) is 7.44. The van der Waals surface area contributed by atoms with Crippen molar-refractivity contribution in [2.45, 2.75) is 43.6 Å². The molecule has 0 aromatic heterocycles. The molecule has 1 atom stereocenters. The molecular weight excluding hydrogens is 272 g/mol. The van der Waals surface area contributed by atoms with Gasteiger partial charge in [0.1, 0.15) is 0 Å². The van der Waals surface area contributed by atoms with Crippen molar-refractivity contribution in [1.82, 2.24) is 10.6 Å². The maximum absolute atomic E-state index is 12.0. The molecule has 4 heteroatoms. The van der Waals surface area contributed by atoms with E-state index in [0.717, 1.165) is 37.4 Å². The van der Waals surface area contributed by atoms with Gasteiger partial charge in [-0.05, 0) is 49.9 Å². The van der Waals surface area contributed by atoms with Crippen LogP contribution in [0, 0.1) is 0 Å². The summed E-state index contributed by atoms with van der Waals surface area (Å²) in [6.07, 6.45) is 5.21. The van der Waals surface area contributed by atoms with Gasteiger partial charge in [-0.1, -0.05) is 23.7 Å². The second-order valence-corrected chi connectivity index (χ2v) is 6.50. The first-order valence-corrected chi connectivity index (χ1v) is 7.82. The van der Waals surface area contributed by atoms with Gasteiger partial charge in [0.25, 0.3) is 0 Å². The Kier molecular flexibility index (Phi) is 3.99. The van der Waals surface area contributed by atoms with Crippen molar-refractivity contribution < 1.29 is 4.79 Å². The second-order valence-electron chi connectivity index (χ2n) is 6.06. The number of carbonyl (C=O) groups is 1. The maximum atomic E-state index is 12.0. The van der Waals surface area contributed by atoms with Crippen molar-refractivity contribution in [1.29, 1.82) is 0 Å². The van der Waals surface area contributed by atoms with Crippen LogP contribution in [0.1, 0.15) is 37.7 Å². The summed E-state index contributed by atoms with van der Waals surface area (Å²) in [6.45, 7) is 1.80. The lowest BCUT2D eigenvalue weighted by atomic mass is 9.96. The van der Waals surface area contributed by atoms with Gasteiger partial charge in [0.2, 0.25) is 5.91 Å². The fraction of sp³-hybridized carbons (Fsp3) is 0.562. The van der Waals surface area contributed by atoms with Crippen molar-refractivity contribution in [3.63, 3.8) is 0 Å². The Hall–Kier alpha value is -1.06. The number of nitrogens with one attached hydrogen (secondary N) is 2. The Morgan fingerprint density at radius 2 is 2.10 bits per heavy atom. The summed E-state index contributed by atoms with van der Waals surface area (Å²) in [7, 11) is 0. The van der Waals surface area contributed by atoms with E-state index in [1.165, 1.54) is 12.0 Å². The zero-order chi connectivity index (χ0) is 14.0. The van der Waals surface area contributed by atoms with Crippen molar-refractivity contribution in [3.05, 3.63) is 34.9 Å². The molecule has 3 nitrogen and oxygen atoms in total. The van der Waals surface area contributed by atoms with Crippen LogP contribution >= 0.6 is 11.6 Å². The van der Waals surface area contributed by atoms with Gasteiger partial charge in [-0.15, -0.1) is 0 Å². The molecule has 1 heterocycles. The number of hydrogen-bond acceptors (Lipinski definition) is 2. The highest BCUT2D eigenvalue weighted by Gasteiger charge is 2.44. The summed E-state index contributed by atoms with van der Waals surface area (Å²) >= 11 is 5.93. The lowest BCUT2D eigenvalue weighted by Crippen LogP contribution is -2.36. The van der Waals surface area contributed by atoms with E-state index in [0.29, 0.717) is 12.5 Å². The SMILES string of the molecule is O=C(CC1CCCN1)NCC1(c2ccc(Cl)cc2)CC1. The van der Waals surface area contributed by atoms with E-state index in [4.69, 9.17) is 11.6 Å². The predicted molar refractivity (Wildman–Crippen MR) is 81.0 cm³/mol. The van der Waals surface area contributed by atoms with E-state index in [-0.39, 0.29) is 11.3 Å². The molecule has 1 amide bonds. The fourth-order valence-corrected chi connectivity index (χ4v) is 3.14. The average molecular weight is 293 g/mol. The van der Waals surface area contributed by atoms with Crippen molar-refractivity contribution >= 4 is 17.5 Å². The lowest BCUT2D eigenvalue weighted by molar-refractivity contribution is -0.121. The molecule has 108 valence electrons. The van der Waals surface area contributed by atoms with E-state index in [1.54, 1.807) is 0 Å². The normalized spacial score (nSPS) is 23.6. The number of carbonyl (C=O) groups excluding carboxylic acids is 1. The third-order valence-corrected chi connectivity index (χ3v) is 4.78. The van der Waals surface area contributed by atoms with Crippen LogP contribution < -0.4 is 10.6 Å². The molecule has 0 radical (unpaired) electrons. The third-order valence-electron chi connectivity index (χ3n) is 4.53. The summed E-state index contributed by atoms with van der Waals surface area (Å²) in [4.78, 5) is 12.0. The van der Waals surface area contributed by atoms with Gasteiger partial charge in [0, 0.05) is 29.4 Å². The largest absolute Gasteiger partial charge is 0.355 e. The van der Waals surface area contributed by atoms with Crippen LogP contribution in [0.25, 0.3) is 0 Å². The second kappa shape index (κ2) is 5.74. The molecule has 3 rings (SSSR count). The highest BCUT2D eigenvalue weighted by atomic mass is 35.5. The molecule has 1 aliphatic heterocycles. The minimum atomic E-state index is 0.156. The molecule has 1 unspecified atom stereocenters. The van der Waals surface area contributed by atoms with Gasteiger partial charge in [-0.25, -0.2) is 0 Å². The van der Waals surface area contributed by atoms with Gasteiger partial charge in [0.15, 0.2) is 0 Å². The van der Waals surface area contributed by atoms with Gasteiger partial charge in [-0.2, -0.15) is 0 Å². The highest BCUT2D eigenvalue weighted by molar-refractivity contribution is 6.30. The van der Waals surface area contributed by atoms with Crippen LogP contribution in [0.15, 0.2) is 24.3 Å². The Morgan fingerprint density at radius 3 is 2.70 bits per heavy atom. The van der Waals surface area contributed by atoms with Crippen LogP contribution in [0.5, 0.6) is 0 Å². The summed E-state index contributed by atoms with van der Waals surface area (Å²) in [5.74, 6) is 0.171. The molecule has 1 aromatic carbocycles. The summed E-state index contributed by atoms with van der Waals surface area (Å²) in [5.41, 5.74) is 1.45. The zero-order valence-electron chi connectivity index (χ0n) is 11.6. The van der Waals surface area contributed by atoms with Crippen molar-refractivity contribution in [2.24, 2.45) is 0 Å². The van der Waals surface area contributed by atoms with Gasteiger partial charge >= 0.3 is 0 Å². The molecular formula is C16H21ClN2O. The number of halogens is 1. The van der Waals surface area contributed by atoms with Crippen LogP contribution in [0.3, 0.4) is 0 Å². The summed E-state index contributed by atoms with van der Waals surface area (Å²) < 4.78 is 0. The Morgan fingerprint density at radius 1 is 1.35 bits per heavy atom. The van der Waals surface area contributed by atoms with Crippen molar-refractivity contribution in [2.75, 3.05) is 13.1 Å². The Labute approximate surface area is 125 Å². The third kappa shape index (κ3) is 3.15. The lowest BCUT2D eigenvalue weighted by Gasteiger charge is -2.18. The van der Waals surface area contributed by atoms with E-state index in [9.17, 15) is 4.79 Å². The number of hydrogen-bond donors (Lipinski definition) is 2. The van der Waals surface area contributed by atoms with Gasteiger partial charge in [-0.3, -0.25) is 4.79 Å². The summed E-state index contributed by atoms with van der Waals surface area (Å²) in [5, 5.41) is 7.24. The molecule has 0 bridgehead atoms. The number of rotatable bonds is 5. The summed E-state index contributed by atoms with van der Waals surface area (Å²) in [6, 6.07) is 8.41. The van der Waals surface area contributed by atoms with Gasteiger partial charge in [0.05, 0.1) is 0 Å². The molecule has 2 fully saturated rings. The molecule has 1 saturated carbocycles. The molecule has 2 aliphatic rings. The zero-order valence-corrected chi connectivity index (χ0v) is 12.4. The smallest absolute Gasteiger partial charge is 0.221 e. The molecule has 2 N–H and O–H groups in total. The molecule has 1 aromatic rings. The first kappa shape index (κ1) is 13.9. The first-order chi connectivity index (χ1) is 9.68. The van der Waals surface area contributed by atoms with E-state index >= 15 is 0 Å². The predicted octanol–water partition coefficient (Wildman–Crippen LogP) is 2.63. The number of benzene rings is 1. The maximum Gasteiger partial charge on any atom is 0.221 e. The monoisotopic (exact) mass is 292 g/mol. The van der Waals surface area contributed by atoms with Crippen LogP contribution in [0.2, 0.25) is 5.02 Å². The van der Waals surface area contributed by atoms with Gasteiger partial charge < -0.3 is 10.6 Å². The fourth-order valence-electron chi connectivity index (χ4n) is 3.02. The topological polar surface area (TPSA) is 41.1 Å². The molecule has 0 spiro atoms. The van der Waals surface area contributed by atoms with Crippen LogP contribution in [-0.4, -0.2) is 25.0 Å². The number of amides is 1. The van der Waals surface area contributed by atoms with Crippen molar-refractivity contribution in [3.8, 4) is 0 Å². The Bertz CT molecular complexity index is 476. The average Bonchev–Trinajstić information content (AvgIpc) is 3.07. The highest BCUT2D eigenvalue weighted by Crippen LogP contribution is 2.47. The quantitative estimate of drug-likeness (QED) is 0.876. The van der Waals surface area contributed by atoms with E-state index in [1.807, 2.05) is 12.1 Å².